The number of thiocarbonyl (C=S) groups is 1. The van der Waals surface area contributed by atoms with E-state index < -0.39 is 5.92 Å². The molecule has 1 aliphatic rings. The lowest BCUT2D eigenvalue weighted by Crippen LogP contribution is -2.40. The third kappa shape index (κ3) is 2.58. The topological polar surface area (TPSA) is 73.1 Å². The maximum atomic E-state index is 12.3. The molecule has 102 valence electrons. The van der Waals surface area contributed by atoms with Gasteiger partial charge in [-0.2, -0.15) is 0 Å². The summed E-state index contributed by atoms with van der Waals surface area (Å²) < 4.78 is 0. The Morgan fingerprint density at radius 2 is 2.20 bits per heavy atom. The minimum Gasteiger partial charge on any atom is -0.395 e. The van der Waals surface area contributed by atoms with Gasteiger partial charge in [-0.1, -0.05) is 24.4 Å². The van der Waals surface area contributed by atoms with Gasteiger partial charge in [0.1, 0.15) is 0 Å². The number of carbonyl (C=O) groups excluding carboxylic acids is 2. The molecule has 0 spiro atoms. The first-order valence-electron chi connectivity index (χ1n) is 6.17. The van der Waals surface area contributed by atoms with E-state index in [9.17, 15) is 9.59 Å². The molecule has 0 amide bonds. The van der Waals surface area contributed by atoms with Crippen LogP contribution < -0.4 is 5.73 Å². The first-order valence-corrected chi connectivity index (χ1v) is 6.58. The van der Waals surface area contributed by atoms with Gasteiger partial charge in [0.05, 0.1) is 16.5 Å². The van der Waals surface area contributed by atoms with Gasteiger partial charge in [-0.15, -0.1) is 6.58 Å². The molecule has 5 heteroatoms. The van der Waals surface area contributed by atoms with Crippen LogP contribution in [0.15, 0.2) is 48.5 Å². The summed E-state index contributed by atoms with van der Waals surface area (Å²) in [6, 6.07) is 3.61. The van der Waals surface area contributed by atoms with Crippen LogP contribution in [0.4, 0.5) is 0 Å². The SMILES string of the molecule is C=CCC1=C(N)C(=O)C(Cc2cccnc2)C(=S)C1=O. The molecule has 0 fully saturated rings. The molecule has 2 N–H and O–H groups in total. The zero-order valence-electron chi connectivity index (χ0n) is 10.8. The Balaban J connectivity index is 2.33. The van der Waals surface area contributed by atoms with Crippen molar-refractivity contribution in [2.45, 2.75) is 12.8 Å². The van der Waals surface area contributed by atoms with E-state index in [-0.39, 0.29) is 34.1 Å². The van der Waals surface area contributed by atoms with Gasteiger partial charge in [0.2, 0.25) is 0 Å². The van der Waals surface area contributed by atoms with Crippen molar-refractivity contribution in [1.29, 1.82) is 0 Å². The predicted molar refractivity (Wildman–Crippen MR) is 80.1 cm³/mol. The normalized spacial score (nSPS) is 19.4. The first-order chi connectivity index (χ1) is 9.56. The maximum absolute atomic E-state index is 12.3. The largest absolute Gasteiger partial charge is 0.395 e. The fourth-order valence-electron chi connectivity index (χ4n) is 2.17. The Labute approximate surface area is 122 Å². The molecule has 0 radical (unpaired) electrons. The molecule has 1 unspecified atom stereocenters. The standard InChI is InChI=1S/C15H14N2O2S/c1-2-4-10-12(16)13(18)11(15(20)14(10)19)7-9-5-3-6-17-8-9/h2-3,5-6,8,11H,1,4,7,16H2. The number of carbonyl (C=O) groups is 2. The summed E-state index contributed by atoms with van der Waals surface area (Å²) >= 11 is 5.16. The molecule has 1 aromatic rings. The number of allylic oxidation sites excluding steroid dienone is 3. The summed E-state index contributed by atoms with van der Waals surface area (Å²) in [5, 5.41) is 0. The summed E-state index contributed by atoms with van der Waals surface area (Å²) in [5.41, 5.74) is 6.91. The molecule has 0 saturated carbocycles. The van der Waals surface area contributed by atoms with E-state index in [1.807, 2.05) is 6.07 Å². The van der Waals surface area contributed by atoms with E-state index in [0.29, 0.717) is 6.42 Å². The van der Waals surface area contributed by atoms with Crippen molar-refractivity contribution < 1.29 is 9.59 Å². The Morgan fingerprint density at radius 3 is 2.80 bits per heavy atom. The third-order valence-corrected chi connectivity index (χ3v) is 3.70. The van der Waals surface area contributed by atoms with E-state index in [0.717, 1.165) is 5.56 Å². The minimum absolute atomic E-state index is 0.0115. The molecular formula is C15H14N2O2S. The number of hydrogen-bond acceptors (Lipinski definition) is 5. The fraction of sp³-hybridized carbons (Fsp3) is 0.200. The number of nitrogens with zero attached hydrogens (tertiary/aromatic N) is 1. The molecule has 2 rings (SSSR count). The molecule has 20 heavy (non-hydrogen) atoms. The van der Waals surface area contributed by atoms with Crippen LogP contribution in [0.3, 0.4) is 0 Å². The predicted octanol–water partition coefficient (Wildman–Crippen LogP) is 1.55. The Kier molecular flexibility index (Phi) is 4.20. The number of aromatic nitrogens is 1. The van der Waals surface area contributed by atoms with Crippen molar-refractivity contribution >= 4 is 28.6 Å². The highest BCUT2D eigenvalue weighted by Crippen LogP contribution is 2.25. The number of nitrogens with two attached hydrogens (primary N) is 1. The molecule has 1 heterocycles. The summed E-state index contributed by atoms with van der Waals surface area (Å²) in [7, 11) is 0. The summed E-state index contributed by atoms with van der Waals surface area (Å²) in [4.78, 5) is 28.6. The zero-order chi connectivity index (χ0) is 14.7. The zero-order valence-corrected chi connectivity index (χ0v) is 11.7. The Bertz CT molecular complexity index is 620. The molecule has 0 saturated heterocycles. The molecule has 0 aromatic carbocycles. The smallest absolute Gasteiger partial charge is 0.198 e. The van der Waals surface area contributed by atoms with E-state index in [2.05, 4.69) is 11.6 Å². The van der Waals surface area contributed by atoms with Gasteiger partial charge in [-0.25, -0.2) is 0 Å². The number of hydrogen-bond donors (Lipinski definition) is 1. The highest BCUT2D eigenvalue weighted by molar-refractivity contribution is 7.82. The van der Waals surface area contributed by atoms with Gasteiger partial charge in [-0.3, -0.25) is 14.6 Å². The van der Waals surface area contributed by atoms with Crippen molar-refractivity contribution in [3.63, 3.8) is 0 Å². The van der Waals surface area contributed by atoms with E-state index in [1.54, 1.807) is 18.5 Å². The summed E-state index contributed by atoms with van der Waals surface area (Å²) in [6.07, 6.45) is 5.44. The van der Waals surface area contributed by atoms with Crippen LogP contribution in [0.2, 0.25) is 0 Å². The first kappa shape index (κ1) is 14.3. The van der Waals surface area contributed by atoms with Crippen LogP contribution in [0.25, 0.3) is 0 Å². The van der Waals surface area contributed by atoms with Crippen molar-refractivity contribution in [3.05, 3.63) is 54.0 Å². The molecule has 0 aliphatic heterocycles. The van der Waals surface area contributed by atoms with Gasteiger partial charge in [0.25, 0.3) is 0 Å². The van der Waals surface area contributed by atoms with Crippen LogP contribution in [0.1, 0.15) is 12.0 Å². The molecule has 4 nitrogen and oxygen atoms in total. The number of rotatable bonds is 4. The van der Waals surface area contributed by atoms with Crippen molar-refractivity contribution in [3.8, 4) is 0 Å². The van der Waals surface area contributed by atoms with Crippen LogP contribution in [0.5, 0.6) is 0 Å². The maximum Gasteiger partial charge on any atom is 0.198 e. The van der Waals surface area contributed by atoms with Gasteiger partial charge in [0.15, 0.2) is 11.6 Å². The van der Waals surface area contributed by atoms with Gasteiger partial charge >= 0.3 is 0 Å². The quantitative estimate of drug-likeness (QED) is 0.671. The van der Waals surface area contributed by atoms with Crippen molar-refractivity contribution in [2.75, 3.05) is 0 Å². The minimum atomic E-state index is -0.671. The molecule has 1 aromatic heterocycles. The van der Waals surface area contributed by atoms with Gasteiger partial charge in [-0.05, 0) is 24.5 Å². The molecular weight excluding hydrogens is 272 g/mol. The van der Waals surface area contributed by atoms with Crippen LogP contribution in [0, 0.1) is 5.92 Å². The molecule has 0 bridgehead atoms. The highest BCUT2D eigenvalue weighted by Gasteiger charge is 2.37. The second-order valence-corrected chi connectivity index (χ2v) is 5.00. The summed E-state index contributed by atoms with van der Waals surface area (Å²) in [5.74, 6) is -1.27. The van der Waals surface area contributed by atoms with Gasteiger partial charge < -0.3 is 5.73 Å². The lowest BCUT2D eigenvalue weighted by atomic mass is 9.81. The third-order valence-electron chi connectivity index (χ3n) is 3.23. The van der Waals surface area contributed by atoms with Crippen LogP contribution in [-0.4, -0.2) is 21.4 Å². The fourth-order valence-corrected chi connectivity index (χ4v) is 2.49. The summed E-state index contributed by atoms with van der Waals surface area (Å²) in [6.45, 7) is 3.56. The monoisotopic (exact) mass is 286 g/mol. The van der Waals surface area contributed by atoms with Crippen molar-refractivity contribution in [2.24, 2.45) is 11.7 Å². The van der Waals surface area contributed by atoms with Gasteiger partial charge in [0, 0.05) is 18.0 Å². The van der Waals surface area contributed by atoms with E-state index in [1.165, 1.54) is 6.08 Å². The van der Waals surface area contributed by atoms with Crippen molar-refractivity contribution in [1.82, 2.24) is 4.98 Å². The molecule has 1 aliphatic carbocycles. The van der Waals surface area contributed by atoms with Crippen LogP contribution >= 0.6 is 12.2 Å². The lowest BCUT2D eigenvalue weighted by Gasteiger charge is -2.23. The number of ketones is 2. The number of Topliss-reactive ketones (excluding diaryl/α,β-unsaturated/α-hetero) is 2. The van der Waals surface area contributed by atoms with E-state index >= 15 is 0 Å². The average molecular weight is 286 g/mol. The highest BCUT2D eigenvalue weighted by atomic mass is 32.1. The van der Waals surface area contributed by atoms with E-state index in [4.69, 9.17) is 18.0 Å². The lowest BCUT2D eigenvalue weighted by molar-refractivity contribution is -0.120. The van der Waals surface area contributed by atoms with Crippen LogP contribution in [-0.2, 0) is 16.0 Å². The average Bonchev–Trinajstić information content (AvgIpc) is 2.47. The Hall–Kier alpha value is -2.14. The second-order valence-electron chi connectivity index (χ2n) is 4.56. The number of pyridine rings is 1. The second kappa shape index (κ2) is 5.88. The molecule has 1 atom stereocenters. The Morgan fingerprint density at radius 1 is 1.45 bits per heavy atom.